The molecule has 208 valence electrons. The van der Waals surface area contributed by atoms with Crippen LogP contribution in [0.25, 0.3) is 0 Å². The van der Waals surface area contributed by atoms with Gasteiger partial charge in [-0.1, -0.05) is 30.3 Å². The molecule has 14 heteroatoms. The predicted molar refractivity (Wildman–Crippen MR) is 132 cm³/mol. The number of carbonyl (C=O) groups is 2. The van der Waals surface area contributed by atoms with E-state index in [4.69, 9.17) is 23.3 Å². The molecule has 1 fully saturated rings. The monoisotopic (exact) mass is 554 g/mol. The number of nitrogens with one attached hydrogen (secondary N) is 2. The summed E-state index contributed by atoms with van der Waals surface area (Å²) in [5.74, 6) is -0.847. The van der Waals surface area contributed by atoms with Gasteiger partial charge in [-0.3, -0.25) is 14.1 Å². The highest BCUT2D eigenvalue weighted by molar-refractivity contribution is 7.52. The molecular formula is C24H31N2O11P. The van der Waals surface area contributed by atoms with E-state index in [9.17, 15) is 29.5 Å². The lowest BCUT2D eigenvalue weighted by Crippen LogP contribution is -2.64. The van der Waals surface area contributed by atoms with E-state index < -0.39 is 63.4 Å². The third kappa shape index (κ3) is 8.23. The Labute approximate surface area is 219 Å². The highest BCUT2D eigenvalue weighted by Crippen LogP contribution is 2.47. The van der Waals surface area contributed by atoms with Crippen LogP contribution >= 0.6 is 7.75 Å². The maximum atomic E-state index is 13.9. The fourth-order valence-corrected chi connectivity index (χ4v) is 5.06. The summed E-state index contributed by atoms with van der Waals surface area (Å²) in [6.07, 6.45) is -6.29. The molecule has 1 heterocycles. The van der Waals surface area contributed by atoms with Crippen LogP contribution in [0.2, 0.25) is 0 Å². The van der Waals surface area contributed by atoms with Gasteiger partial charge in [0.05, 0.1) is 13.7 Å². The summed E-state index contributed by atoms with van der Waals surface area (Å²) in [5, 5.41) is 35.4. The summed E-state index contributed by atoms with van der Waals surface area (Å²) in [6, 6.07) is 13.4. The number of aliphatic hydroxyl groups is 3. The van der Waals surface area contributed by atoms with E-state index in [0.717, 1.165) is 12.5 Å². The molecule has 38 heavy (non-hydrogen) atoms. The summed E-state index contributed by atoms with van der Waals surface area (Å²) >= 11 is 0. The Morgan fingerprint density at radius 2 is 1.71 bits per heavy atom. The normalized spacial score (nSPS) is 24.6. The number of amides is 1. The van der Waals surface area contributed by atoms with Crippen molar-refractivity contribution in [2.24, 2.45) is 0 Å². The first-order valence-corrected chi connectivity index (χ1v) is 13.1. The molecule has 1 aliphatic heterocycles. The summed E-state index contributed by atoms with van der Waals surface area (Å²) in [5.41, 5.74) is 0.738. The fourth-order valence-electron chi connectivity index (χ4n) is 3.57. The molecule has 1 amide bonds. The van der Waals surface area contributed by atoms with Crippen molar-refractivity contribution in [2.45, 2.75) is 44.2 Å². The van der Waals surface area contributed by atoms with E-state index in [-0.39, 0.29) is 12.4 Å². The van der Waals surface area contributed by atoms with Crippen molar-refractivity contribution in [1.82, 2.24) is 10.4 Å². The minimum absolute atomic E-state index is 0.0283. The number of esters is 1. The van der Waals surface area contributed by atoms with Gasteiger partial charge in [-0.15, -0.1) is 0 Å². The van der Waals surface area contributed by atoms with Gasteiger partial charge in [-0.2, -0.15) is 0 Å². The molecule has 0 spiro atoms. The van der Waals surface area contributed by atoms with Crippen LogP contribution < -0.4 is 19.7 Å². The van der Waals surface area contributed by atoms with Gasteiger partial charge in [0.2, 0.25) is 5.91 Å². The van der Waals surface area contributed by atoms with Crippen LogP contribution in [0.15, 0.2) is 54.6 Å². The molecule has 0 bridgehead atoms. The van der Waals surface area contributed by atoms with Crippen molar-refractivity contribution in [1.29, 1.82) is 0 Å². The van der Waals surface area contributed by atoms with Gasteiger partial charge in [0.25, 0.3) is 0 Å². The molecule has 2 unspecified atom stereocenters. The number of carbonyl (C=O) groups excluding carboxylic acids is 2. The average molecular weight is 554 g/mol. The van der Waals surface area contributed by atoms with Crippen LogP contribution in [-0.4, -0.2) is 78.1 Å². The Bertz CT molecular complexity index is 1100. The number of hydrogen-bond donors (Lipinski definition) is 5. The Hall–Kier alpha value is -3.03. The number of rotatable bonds is 12. The quantitative estimate of drug-likeness (QED) is 0.181. The summed E-state index contributed by atoms with van der Waals surface area (Å²) in [4.78, 5) is 24.1. The first-order valence-electron chi connectivity index (χ1n) is 11.6. The number of benzene rings is 2. The standard InChI is InChI=1S/C24H31N2O11P/c1-15(28)26-21-23(22(30)19(13-27)35-24(21)31)37-38(32,36-18-10-8-17(33-2)9-11-18)25-12-20(29)34-14-16-6-4-3-5-7-16/h3-11,19,21-24,27,30-31H,12-14H2,1-2H3,(H,25,32)(H,26,28)/t19-,21-,22-,23-,24?,38?/m1/s1. The largest absolute Gasteiger partial charge is 0.497 e. The van der Waals surface area contributed by atoms with Gasteiger partial charge in [0, 0.05) is 6.92 Å². The number of aliphatic hydroxyl groups excluding tert-OH is 3. The maximum absolute atomic E-state index is 13.9. The topological polar surface area (TPSA) is 182 Å². The highest BCUT2D eigenvalue weighted by atomic mass is 31.2. The van der Waals surface area contributed by atoms with Crippen LogP contribution in [-0.2, 0) is 34.8 Å². The first-order chi connectivity index (χ1) is 18.1. The Morgan fingerprint density at radius 3 is 2.32 bits per heavy atom. The number of methoxy groups -OCH3 is 1. The van der Waals surface area contributed by atoms with Crippen molar-refractivity contribution in [3.05, 3.63) is 60.2 Å². The molecule has 5 N–H and O–H groups in total. The highest BCUT2D eigenvalue weighted by Gasteiger charge is 2.49. The Balaban J connectivity index is 1.81. The van der Waals surface area contributed by atoms with Gasteiger partial charge in [-0.25, -0.2) is 9.65 Å². The van der Waals surface area contributed by atoms with E-state index in [1.807, 2.05) is 6.07 Å². The Kier molecular flexibility index (Phi) is 10.6. The van der Waals surface area contributed by atoms with E-state index in [1.165, 1.54) is 31.4 Å². The smallest absolute Gasteiger partial charge is 0.459 e. The summed E-state index contributed by atoms with van der Waals surface area (Å²) in [7, 11) is -3.05. The molecule has 0 saturated carbocycles. The van der Waals surface area contributed by atoms with Crippen molar-refractivity contribution < 1.29 is 52.7 Å². The maximum Gasteiger partial charge on any atom is 0.459 e. The van der Waals surface area contributed by atoms with Crippen molar-refractivity contribution >= 4 is 19.6 Å². The molecule has 0 aromatic heterocycles. The van der Waals surface area contributed by atoms with E-state index in [0.29, 0.717) is 5.75 Å². The molecule has 1 aliphatic rings. The second-order valence-corrected chi connectivity index (χ2v) is 9.98. The summed E-state index contributed by atoms with van der Waals surface area (Å²) in [6.45, 7) is -0.202. The minimum atomic E-state index is -4.52. The molecule has 0 radical (unpaired) electrons. The zero-order valence-corrected chi connectivity index (χ0v) is 21.7. The number of hydrogen-bond acceptors (Lipinski definition) is 11. The zero-order valence-electron chi connectivity index (χ0n) is 20.8. The van der Waals surface area contributed by atoms with Gasteiger partial charge in [0.1, 0.15) is 49.0 Å². The average Bonchev–Trinajstić information content (AvgIpc) is 2.91. The molecule has 3 rings (SSSR count). The SMILES string of the molecule is COc1ccc(OP(=O)(NCC(=O)OCc2ccccc2)O[C@H]2[C@H](O)[C@@H](CO)OC(O)[C@@H]2NC(C)=O)cc1. The van der Waals surface area contributed by atoms with E-state index in [2.05, 4.69) is 10.4 Å². The van der Waals surface area contributed by atoms with Gasteiger partial charge < -0.3 is 39.4 Å². The van der Waals surface area contributed by atoms with Crippen molar-refractivity contribution in [3.63, 3.8) is 0 Å². The number of ether oxygens (including phenoxy) is 3. The van der Waals surface area contributed by atoms with E-state index >= 15 is 0 Å². The first kappa shape index (κ1) is 29.5. The molecular weight excluding hydrogens is 523 g/mol. The van der Waals surface area contributed by atoms with Crippen LogP contribution in [0.5, 0.6) is 11.5 Å². The van der Waals surface area contributed by atoms with E-state index in [1.54, 1.807) is 24.3 Å². The fraction of sp³-hybridized carbons (Fsp3) is 0.417. The lowest BCUT2D eigenvalue weighted by atomic mass is 9.97. The zero-order chi connectivity index (χ0) is 27.7. The van der Waals surface area contributed by atoms with Gasteiger partial charge in [0.15, 0.2) is 6.29 Å². The van der Waals surface area contributed by atoms with Crippen LogP contribution in [0.1, 0.15) is 12.5 Å². The lowest BCUT2D eigenvalue weighted by Gasteiger charge is -2.42. The molecule has 13 nitrogen and oxygen atoms in total. The third-order valence-electron chi connectivity index (χ3n) is 5.45. The minimum Gasteiger partial charge on any atom is -0.497 e. The van der Waals surface area contributed by atoms with Crippen molar-refractivity contribution in [2.75, 3.05) is 20.3 Å². The molecule has 2 aromatic carbocycles. The summed E-state index contributed by atoms with van der Waals surface area (Å²) < 4.78 is 40.5. The van der Waals surface area contributed by atoms with Crippen LogP contribution in [0.3, 0.4) is 0 Å². The molecule has 2 aromatic rings. The molecule has 6 atom stereocenters. The predicted octanol–water partition coefficient (Wildman–Crippen LogP) is 0.475. The molecule has 0 aliphatic carbocycles. The third-order valence-corrected chi connectivity index (χ3v) is 6.97. The second kappa shape index (κ2) is 13.7. The molecule has 1 saturated heterocycles. The Morgan fingerprint density at radius 1 is 1.05 bits per heavy atom. The second-order valence-electron chi connectivity index (χ2n) is 8.28. The van der Waals surface area contributed by atoms with Crippen LogP contribution in [0, 0.1) is 0 Å². The lowest BCUT2D eigenvalue weighted by molar-refractivity contribution is -0.250. The van der Waals surface area contributed by atoms with Gasteiger partial charge in [-0.05, 0) is 29.8 Å². The van der Waals surface area contributed by atoms with Gasteiger partial charge >= 0.3 is 13.7 Å². The van der Waals surface area contributed by atoms with Crippen molar-refractivity contribution in [3.8, 4) is 11.5 Å². The van der Waals surface area contributed by atoms with Crippen LogP contribution in [0.4, 0.5) is 0 Å².